The number of aromatic nitrogens is 1. The summed E-state index contributed by atoms with van der Waals surface area (Å²) in [7, 11) is 0. The number of fused-ring (bicyclic) bond motifs is 1. The molecular formula is C12H13NO2. The molecule has 15 heavy (non-hydrogen) atoms. The molecule has 3 nitrogen and oxygen atoms in total. The number of carbonyl (C=O) groups excluding carboxylic acids is 1. The van der Waals surface area contributed by atoms with Crippen LogP contribution in [0.3, 0.4) is 0 Å². The number of hydrogen-bond donors (Lipinski definition) is 0. The minimum Gasteiger partial charge on any atom is -0.337 e. The summed E-state index contributed by atoms with van der Waals surface area (Å²) in [6.45, 7) is 1.95. The van der Waals surface area contributed by atoms with Gasteiger partial charge in [-0.2, -0.15) is 4.73 Å². The van der Waals surface area contributed by atoms with Crippen LogP contribution in [0.5, 0.6) is 0 Å². The van der Waals surface area contributed by atoms with Gasteiger partial charge in [-0.25, -0.2) is 4.79 Å². The summed E-state index contributed by atoms with van der Waals surface area (Å²) in [5.74, 6) is -0.196. The third-order valence-corrected chi connectivity index (χ3v) is 2.22. The molecule has 0 fully saturated rings. The fourth-order valence-corrected chi connectivity index (χ4v) is 1.50. The van der Waals surface area contributed by atoms with Crippen LogP contribution >= 0.6 is 0 Å². The normalized spacial score (nSPS) is 10.5. The van der Waals surface area contributed by atoms with Gasteiger partial charge in [0.2, 0.25) is 0 Å². The van der Waals surface area contributed by atoms with E-state index in [-0.39, 0.29) is 5.97 Å². The quantitative estimate of drug-likeness (QED) is 0.767. The lowest BCUT2D eigenvalue weighted by Gasteiger charge is -2.04. The summed E-state index contributed by atoms with van der Waals surface area (Å²) < 4.78 is 1.52. The summed E-state index contributed by atoms with van der Waals surface area (Å²) in [6.07, 6.45) is 3.02. The minimum absolute atomic E-state index is 0.196. The minimum atomic E-state index is -0.196. The Morgan fingerprint density at radius 2 is 2.13 bits per heavy atom. The molecule has 1 aromatic carbocycles. The van der Waals surface area contributed by atoms with E-state index in [0.717, 1.165) is 17.3 Å². The molecule has 0 aliphatic rings. The molecule has 0 amide bonds. The van der Waals surface area contributed by atoms with Gasteiger partial charge in [0.1, 0.15) is 0 Å². The van der Waals surface area contributed by atoms with Crippen molar-refractivity contribution in [2.45, 2.75) is 19.8 Å². The van der Waals surface area contributed by atoms with Crippen LogP contribution in [-0.4, -0.2) is 10.7 Å². The Labute approximate surface area is 88.2 Å². The topological polar surface area (TPSA) is 31.2 Å². The van der Waals surface area contributed by atoms with Crippen LogP contribution in [-0.2, 0) is 4.79 Å². The maximum absolute atomic E-state index is 11.3. The van der Waals surface area contributed by atoms with E-state index in [2.05, 4.69) is 0 Å². The molecule has 0 saturated heterocycles. The molecule has 0 radical (unpaired) electrons. The monoisotopic (exact) mass is 203 g/mol. The molecule has 0 spiro atoms. The van der Waals surface area contributed by atoms with Crippen molar-refractivity contribution in [2.75, 3.05) is 0 Å². The number of benzene rings is 1. The van der Waals surface area contributed by atoms with Crippen molar-refractivity contribution in [1.82, 2.24) is 4.73 Å². The lowest BCUT2D eigenvalue weighted by molar-refractivity contribution is -0.143. The molecule has 0 saturated carbocycles. The zero-order chi connectivity index (χ0) is 10.7. The van der Waals surface area contributed by atoms with E-state index in [1.54, 1.807) is 6.20 Å². The highest BCUT2D eigenvalue weighted by molar-refractivity contribution is 5.80. The Bertz CT molecular complexity index is 473. The van der Waals surface area contributed by atoms with Gasteiger partial charge in [0.05, 0.1) is 5.52 Å². The average Bonchev–Trinajstić information content (AvgIpc) is 2.62. The maximum atomic E-state index is 11.3. The van der Waals surface area contributed by atoms with Crippen LogP contribution in [0.15, 0.2) is 36.5 Å². The molecule has 0 aliphatic heterocycles. The molecule has 1 aromatic heterocycles. The molecule has 0 N–H and O–H groups in total. The summed E-state index contributed by atoms with van der Waals surface area (Å²) in [6, 6.07) is 9.72. The summed E-state index contributed by atoms with van der Waals surface area (Å²) >= 11 is 0. The van der Waals surface area contributed by atoms with Gasteiger partial charge in [-0.05, 0) is 18.6 Å². The molecular weight excluding hydrogens is 190 g/mol. The SMILES string of the molecule is CCCC(=O)On1ccc2ccccc21. The molecule has 0 unspecified atom stereocenters. The number of para-hydroxylation sites is 1. The van der Waals surface area contributed by atoms with Crippen LogP contribution in [0.25, 0.3) is 10.9 Å². The van der Waals surface area contributed by atoms with Crippen LogP contribution in [0.4, 0.5) is 0 Å². The van der Waals surface area contributed by atoms with Crippen LogP contribution < -0.4 is 4.84 Å². The summed E-state index contributed by atoms with van der Waals surface area (Å²) in [4.78, 5) is 16.5. The number of carbonyl (C=O) groups is 1. The third kappa shape index (κ3) is 2.01. The Morgan fingerprint density at radius 3 is 2.93 bits per heavy atom. The molecule has 2 aromatic rings. The van der Waals surface area contributed by atoms with Crippen LogP contribution in [0, 0.1) is 0 Å². The van der Waals surface area contributed by atoms with Gasteiger partial charge in [-0.1, -0.05) is 25.1 Å². The van der Waals surface area contributed by atoms with Gasteiger partial charge < -0.3 is 4.84 Å². The second-order valence-corrected chi connectivity index (χ2v) is 3.41. The van der Waals surface area contributed by atoms with Crippen molar-refractivity contribution in [1.29, 1.82) is 0 Å². The van der Waals surface area contributed by atoms with Crippen molar-refractivity contribution in [3.8, 4) is 0 Å². The molecule has 0 aliphatic carbocycles. The van der Waals surface area contributed by atoms with Gasteiger partial charge in [0.15, 0.2) is 0 Å². The highest BCUT2D eigenvalue weighted by atomic mass is 16.7. The second kappa shape index (κ2) is 4.17. The van der Waals surface area contributed by atoms with E-state index in [4.69, 9.17) is 4.84 Å². The zero-order valence-corrected chi connectivity index (χ0v) is 8.64. The predicted molar refractivity (Wildman–Crippen MR) is 58.4 cm³/mol. The summed E-state index contributed by atoms with van der Waals surface area (Å²) in [5.41, 5.74) is 0.918. The number of nitrogens with zero attached hydrogens (tertiary/aromatic N) is 1. The number of hydrogen-bond acceptors (Lipinski definition) is 2. The Morgan fingerprint density at radius 1 is 1.33 bits per heavy atom. The first-order chi connectivity index (χ1) is 7.31. The van der Waals surface area contributed by atoms with E-state index in [1.165, 1.54) is 4.73 Å². The fourth-order valence-electron chi connectivity index (χ4n) is 1.50. The van der Waals surface area contributed by atoms with E-state index < -0.39 is 0 Å². The molecule has 78 valence electrons. The van der Waals surface area contributed by atoms with Crippen LogP contribution in [0.2, 0.25) is 0 Å². The van der Waals surface area contributed by atoms with Crippen LogP contribution in [0.1, 0.15) is 19.8 Å². The average molecular weight is 203 g/mol. The highest BCUT2D eigenvalue weighted by Gasteiger charge is 2.05. The predicted octanol–water partition coefficient (Wildman–Crippen LogP) is 2.40. The fraction of sp³-hybridized carbons (Fsp3) is 0.250. The van der Waals surface area contributed by atoms with Crippen molar-refractivity contribution in [3.05, 3.63) is 36.5 Å². The first-order valence-electron chi connectivity index (χ1n) is 5.08. The van der Waals surface area contributed by atoms with Gasteiger partial charge in [-0.3, -0.25) is 0 Å². The lowest BCUT2D eigenvalue weighted by Crippen LogP contribution is -2.18. The zero-order valence-electron chi connectivity index (χ0n) is 8.64. The lowest BCUT2D eigenvalue weighted by atomic mass is 10.3. The maximum Gasteiger partial charge on any atom is 0.332 e. The second-order valence-electron chi connectivity index (χ2n) is 3.41. The van der Waals surface area contributed by atoms with Crippen molar-refractivity contribution >= 4 is 16.9 Å². The van der Waals surface area contributed by atoms with Gasteiger partial charge in [0, 0.05) is 18.0 Å². The van der Waals surface area contributed by atoms with Crippen molar-refractivity contribution in [2.24, 2.45) is 0 Å². The Balaban J connectivity index is 2.25. The van der Waals surface area contributed by atoms with Gasteiger partial charge >= 0.3 is 5.97 Å². The van der Waals surface area contributed by atoms with Crippen molar-refractivity contribution < 1.29 is 9.63 Å². The first kappa shape index (κ1) is 9.77. The Hall–Kier alpha value is -1.77. The van der Waals surface area contributed by atoms with Crippen molar-refractivity contribution in [3.63, 3.8) is 0 Å². The molecule has 0 bridgehead atoms. The number of rotatable bonds is 3. The Kier molecular flexibility index (Phi) is 2.72. The van der Waals surface area contributed by atoms with E-state index >= 15 is 0 Å². The van der Waals surface area contributed by atoms with E-state index in [9.17, 15) is 4.79 Å². The van der Waals surface area contributed by atoms with E-state index in [0.29, 0.717) is 6.42 Å². The van der Waals surface area contributed by atoms with Gasteiger partial charge in [0.25, 0.3) is 0 Å². The van der Waals surface area contributed by atoms with E-state index in [1.807, 2.05) is 37.3 Å². The largest absolute Gasteiger partial charge is 0.337 e. The molecule has 0 atom stereocenters. The third-order valence-electron chi connectivity index (χ3n) is 2.22. The smallest absolute Gasteiger partial charge is 0.332 e. The first-order valence-corrected chi connectivity index (χ1v) is 5.08. The summed E-state index contributed by atoms with van der Waals surface area (Å²) in [5, 5.41) is 1.07. The molecule has 2 rings (SSSR count). The standard InChI is InChI=1S/C12H13NO2/c1-2-5-12(14)15-13-9-8-10-6-3-4-7-11(10)13/h3-4,6-9H,2,5H2,1H3. The molecule has 3 heteroatoms. The molecule has 1 heterocycles. The highest BCUT2D eigenvalue weighted by Crippen LogP contribution is 2.13. The van der Waals surface area contributed by atoms with Gasteiger partial charge in [-0.15, -0.1) is 0 Å².